The maximum atomic E-state index is 15.0. The van der Waals surface area contributed by atoms with E-state index in [2.05, 4.69) is 0 Å². The van der Waals surface area contributed by atoms with Crippen molar-refractivity contribution in [3.63, 3.8) is 0 Å². The third-order valence-electron chi connectivity index (χ3n) is 7.39. The number of hydrogen-bond acceptors (Lipinski definition) is 1. The lowest BCUT2D eigenvalue weighted by Crippen LogP contribution is -2.33. The molecular formula is C26H33F3O. The average molecular weight is 419 g/mol. The molecule has 2 fully saturated rings. The molecular weight excluding hydrogens is 385 g/mol. The molecule has 4 heteroatoms. The van der Waals surface area contributed by atoms with Gasteiger partial charge in [-0.05, 0) is 86.0 Å². The van der Waals surface area contributed by atoms with Gasteiger partial charge in [-0.25, -0.2) is 13.2 Å². The molecule has 4 rings (SSSR count). The van der Waals surface area contributed by atoms with Crippen LogP contribution in [0.4, 0.5) is 13.2 Å². The summed E-state index contributed by atoms with van der Waals surface area (Å²) >= 11 is 0. The molecule has 0 aromatic heterocycles. The first-order chi connectivity index (χ1) is 14.5. The summed E-state index contributed by atoms with van der Waals surface area (Å²) in [6.07, 6.45) is 9.89. The molecule has 1 nitrogen and oxygen atoms in total. The largest absolute Gasteiger partial charge is 0.493 e. The molecule has 3 aliphatic carbocycles. The van der Waals surface area contributed by atoms with Gasteiger partial charge in [0.15, 0.2) is 12.3 Å². The summed E-state index contributed by atoms with van der Waals surface area (Å²) in [5, 5.41) is 0. The second kappa shape index (κ2) is 9.62. The Bertz CT molecular complexity index is 785. The molecule has 0 aliphatic heterocycles. The first-order valence-corrected chi connectivity index (χ1v) is 11.6. The zero-order chi connectivity index (χ0) is 21.1. The third-order valence-corrected chi connectivity index (χ3v) is 7.39. The lowest BCUT2D eigenvalue weighted by Gasteiger charge is -2.35. The Kier molecular flexibility index (Phi) is 6.90. The van der Waals surface area contributed by atoms with Gasteiger partial charge in [-0.3, -0.25) is 0 Å². The number of allylic oxidation sites excluding steroid dienone is 4. The standard InChI is InChI=1S/C26H33F3O/c1-17-7-12-21(15-24(17)27)30-16-18-8-10-20(11-9-18)23-14-13-22(25(28)26(23)29)19-5-3-2-4-6-19/h7,12-15,18-20,25-26H,2-6,8-11,16H2,1H3. The van der Waals surface area contributed by atoms with Crippen molar-refractivity contribution in [3.8, 4) is 5.75 Å². The Hall–Kier alpha value is -1.71. The number of benzene rings is 1. The van der Waals surface area contributed by atoms with Crippen LogP contribution in [0, 0.1) is 30.5 Å². The highest BCUT2D eigenvalue weighted by Crippen LogP contribution is 2.42. The molecule has 0 heterocycles. The van der Waals surface area contributed by atoms with E-state index in [1.165, 1.54) is 12.5 Å². The van der Waals surface area contributed by atoms with E-state index in [1.807, 2.05) is 12.2 Å². The molecule has 2 unspecified atom stereocenters. The van der Waals surface area contributed by atoms with Crippen LogP contribution in [0.5, 0.6) is 5.75 Å². The number of hydrogen-bond donors (Lipinski definition) is 0. The summed E-state index contributed by atoms with van der Waals surface area (Å²) in [7, 11) is 0. The fourth-order valence-electron chi connectivity index (χ4n) is 5.41. The van der Waals surface area contributed by atoms with E-state index in [1.54, 1.807) is 19.1 Å². The van der Waals surface area contributed by atoms with Gasteiger partial charge in [0.05, 0.1) is 6.61 Å². The highest BCUT2D eigenvalue weighted by atomic mass is 19.2. The Morgan fingerprint density at radius 2 is 1.43 bits per heavy atom. The summed E-state index contributed by atoms with van der Waals surface area (Å²) in [4.78, 5) is 0. The monoisotopic (exact) mass is 418 g/mol. The normalized spacial score (nSPS) is 30.5. The van der Waals surface area contributed by atoms with Crippen molar-refractivity contribution in [2.45, 2.75) is 77.1 Å². The molecule has 0 saturated heterocycles. The third kappa shape index (κ3) is 4.78. The summed E-state index contributed by atoms with van der Waals surface area (Å²) in [5.41, 5.74) is 1.96. The van der Waals surface area contributed by atoms with Crippen LogP contribution >= 0.6 is 0 Å². The van der Waals surface area contributed by atoms with Crippen LogP contribution in [-0.4, -0.2) is 19.0 Å². The summed E-state index contributed by atoms with van der Waals surface area (Å²) < 4.78 is 49.4. The van der Waals surface area contributed by atoms with Crippen molar-refractivity contribution in [2.75, 3.05) is 6.61 Å². The number of aryl methyl sites for hydroxylation is 1. The van der Waals surface area contributed by atoms with Gasteiger partial charge in [0.1, 0.15) is 11.6 Å². The van der Waals surface area contributed by atoms with Crippen LogP contribution in [0.1, 0.15) is 63.4 Å². The van der Waals surface area contributed by atoms with Crippen LogP contribution in [0.2, 0.25) is 0 Å². The SMILES string of the molecule is Cc1ccc(OCC2CCC(C3=CC=C(C4CCCCC4)C(F)C3F)CC2)cc1F. The Morgan fingerprint density at radius 1 is 0.833 bits per heavy atom. The van der Waals surface area contributed by atoms with Crippen molar-refractivity contribution in [1.82, 2.24) is 0 Å². The maximum Gasteiger partial charge on any atom is 0.157 e. The number of ether oxygens (including phenoxy) is 1. The molecule has 0 bridgehead atoms. The molecule has 164 valence electrons. The molecule has 1 aromatic rings. The van der Waals surface area contributed by atoms with Gasteiger partial charge in [0.25, 0.3) is 0 Å². The van der Waals surface area contributed by atoms with E-state index in [0.29, 0.717) is 35.0 Å². The zero-order valence-corrected chi connectivity index (χ0v) is 17.9. The lowest BCUT2D eigenvalue weighted by molar-refractivity contribution is 0.162. The molecule has 30 heavy (non-hydrogen) atoms. The van der Waals surface area contributed by atoms with Gasteiger partial charge < -0.3 is 4.74 Å². The van der Waals surface area contributed by atoms with E-state index >= 15 is 4.39 Å². The van der Waals surface area contributed by atoms with Crippen LogP contribution < -0.4 is 4.74 Å². The van der Waals surface area contributed by atoms with Crippen LogP contribution in [-0.2, 0) is 0 Å². The molecule has 2 saturated carbocycles. The van der Waals surface area contributed by atoms with Crippen LogP contribution in [0.3, 0.4) is 0 Å². The van der Waals surface area contributed by atoms with Gasteiger partial charge in [0.2, 0.25) is 0 Å². The lowest BCUT2D eigenvalue weighted by atomic mass is 9.73. The summed E-state index contributed by atoms with van der Waals surface area (Å²) in [6.45, 7) is 2.28. The topological polar surface area (TPSA) is 9.23 Å². The van der Waals surface area contributed by atoms with E-state index in [-0.39, 0.29) is 17.7 Å². The average Bonchev–Trinajstić information content (AvgIpc) is 2.77. The van der Waals surface area contributed by atoms with Crippen LogP contribution in [0.25, 0.3) is 0 Å². The highest BCUT2D eigenvalue weighted by Gasteiger charge is 2.38. The molecule has 0 radical (unpaired) electrons. The predicted molar refractivity (Wildman–Crippen MR) is 115 cm³/mol. The molecule has 0 spiro atoms. The predicted octanol–water partition coefficient (Wildman–Crippen LogP) is 7.44. The minimum absolute atomic E-state index is 0.121. The fourth-order valence-corrected chi connectivity index (χ4v) is 5.41. The Balaban J connectivity index is 1.31. The quantitative estimate of drug-likeness (QED) is 0.483. The first kappa shape index (κ1) is 21.5. The minimum atomic E-state index is -1.49. The van der Waals surface area contributed by atoms with Crippen molar-refractivity contribution in [1.29, 1.82) is 0 Å². The van der Waals surface area contributed by atoms with Crippen molar-refractivity contribution < 1.29 is 17.9 Å². The van der Waals surface area contributed by atoms with E-state index in [4.69, 9.17) is 4.74 Å². The first-order valence-electron chi connectivity index (χ1n) is 11.6. The summed E-state index contributed by atoms with van der Waals surface area (Å²) in [5.74, 6) is 1.03. The number of alkyl halides is 2. The number of rotatable bonds is 5. The molecule has 0 N–H and O–H groups in total. The summed E-state index contributed by atoms with van der Waals surface area (Å²) in [6, 6.07) is 4.95. The van der Waals surface area contributed by atoms with Gasteiger partial charge >= 0.3 is 0 Å². The number of halogens is 3. The second-order valence-corrected chi connectivity index (χ2v) is 9.41. The molecule has 0 amide bonds. The van der Waals surface area contributed by atoms with E-state index in [9.17, 15) is 8.78 Å². The van der Waals surface area contributed by atoms with Crippen LogP contribution in [0.15, 0.2) is 41.5 Å². The van der Waals surface area contributed by atoms with Gasteiger partial charge in [-0.1, -0.05) is 37.5 Å². The minimum Gasteiger partial charge on any atom is -0.493 e. The van der Waals surface area contributed by atoms with Crippen molar-refractivity contribution in [3.05, 3.63) is 52.9 Å². The Labute approximate surface area is 178 Å². The smallest absolute Gasteiger partial charge is 0.157 e. The van der Waals surface area contributed by atoms with Gasteiger partial charge in [-0.2, -0.15) is 0 Å². The van der Waals surface area contributed by atoms with Crippen molar-refractivity contribution in [2.24, 2.45) is 17.8 Å². The molecule has 2 atom stereocenters. The van der Waals surface area contributed by atoms with Gasteiger partial charge in [0, 0.05) is 6.07 Å². The van der Waals surface area contributed by atoms with Gasteiger partial charge in [-0.15, -0.1) is 0 Å². The second-order valence-electron chi connectivity index (χ2n) is 9.41. The van der Waals surface area contributed by atoms with Crippen molar-refractivity contribution >= 4 is 0 Å². The molecule has 1 aromatic carbocycles. The van der Waals surface area contributed by atoms with E-state index < -0.39 is 12.3 Å². The van der Waals surface area contributed by atoms with E-state index in [0.717, 1.165) is 51.4 Å². The Morgan fingerprint density at radius 3 is 2.03 bits per heavy atom. The molecule has 3 aliphatic rings. The maximum absolute atomic E-state index is 15.0. The highest BCUT2D eigenvalue weighted by molar-refractivity contribution is 5.35. The zero-order valence-electron chi connectivity index (χ0n) is 17.9. The fraction of sp³-hybridized carbons (Fsp3) is 0.615.